The van der Waals surface area contributed by atoms with Crippen molar-refractivity contribution in [2.24, 2.45) is 0 Å². The molecular formula is C16H20N4OSSi. The predicted molar refractivity (Wildman–Crippen MR) is 99.0 cm³/mol. The first-order valence-electron chi connectivity index (χ1n) is 7.53. The minimum atomic E-state index is -1.21. The highest BCUT2D eigenvalue weighted by Crippen LogP contribution is 2.24. The molecule has 0 fully saturated rings. The average molecular weight is 345 g/mol. The Hall–Kier alpha value is -1.86. The van der Waals surface area contributed by atoms with Gasteiger partial charge in [-0.1, -0.05) is 49.6 Å². The molecule has 1 aromatic carbocycles. The van der Waals surface area contributed by atoms with E-state index in [0.29, 0.717) is 17.7 Å². The highest BCUT2D eigenvalue weighted by atomic mass is 32.2. The molecule has 5 nitrogen and oxygen atoms in total. The van der Waals surface area contributed by atoms with Crippen LogP contribution >= 0.6 is 11.8 Å². The number of fused-ring (bicyclic) bond motifs is 3. The zero-order chi connectivity index (χ0) is 16.6. The Morgan fingerprint density at radius 2 is 2.00 bits per heavy atom. The van der Waals surface area contributed by atoms with E-state index in [1.54, 1.807) is 22.4 Å². The van der Waals surface area contributed by atoms with Crippen molar-refractivity contribution in [1.29, 1.82) is 0 Å². The molecule has 3 rings (SSSR count). The van der Waals surface area contributed by atoms with Gasteiger partial charge in [-0.25, -0.2) is 0 Å². The summed E-state index contributed by atoms with van der Waals surface area (Å²) in [6, 6.07) is 7.62. The van der Waals surface area contributed by atoms with Gasteiger partial charge < -0.3 is 0 Å². The highest BCUT2D eigenvalue weighted by molar-refractivity contribution is 8.00. The summed E-state index contributed by atoms with van der Waals surface area (Å²) >= 11 is 1.72. The summed E-state index contributed by atoms with van der Waals surface area (Å²) in [6.07, 6.45) is 1.71. The third kappa shape index (κ3) is 2.98. The van der Waals surface area contributed by atoms with Gasteiger partial charge in [0.1, 0.15) is 0 Å². The fourth-order valence-corrected chi connectivity index (χ4v) is 5.06. The number of thioether (sulfide) groups is 1. The number of hydrogen-bond acceptors (Lipinski definition) is 4. The van der Waals surface area contributed by atoms with E-state index in [1.807, 2.05) is 28.7 Å². The van der Waals surface area contributed by atoms with Gasteiger partial charge in [-0.2, -0.15) is 0 Å². The lowest BCUT2D eigenvalue weighted by Crippen LogP contribution is -2.24. The van der Waals surface area contributed by atoms with Crippen LogP contribution in [0.1, 0.15) is 0 Å². The summed E-state index contributed by atoms with van der Waals surface area (Å²) in [7, 11) is -1.21. The standard InChI is InChI=1S/C16H20N4OSSi/c1-5-10-19-14(21)12-8-6-7-9-13(12)20-15(19)17-18-16(20)22-11-23(2,3)4/h5-9H,1,10-11H2,2-4H3. The third-order valence-corrected chi connectivity index (χ3v) is 7.99. The summed E-state index contributed by atoms with van der Waals surface area (Å²) < 4.78 is 3.62. The minimum Gasteiger partial charge on any atom is -0.272 e. The smallest absolute Gasteiger partial charge is 0.263 e. The zero-order valence-electron chi connectivity index (χ0n) is 13.6. The number of benzene rings is 1. The largest absolute Gasteiger partial charge is 0.272 e. The Kier molecular flexibility index (Phi) is 4.16. The van der Waals surface area contributed by atoms with Crippen molar-refractivity contribution in [3.05, 3.63) is 47.3 Å². The molecule has 0 aliphatic rings. The molecule has 0 unspecified atom stereocenters. The molecule has 0 saturated heterocycles. The van der Waals surface area contributed by atoms with Crippen LogP contribution in [0.25, 0.3) is 16.7 Å². The van der Waals surface area contributed by atoms with E-state index in [2.05, 4.69) is 36.4 Å². The lowest BCUT2D eigenvalue weighted by molar-refractivity contribution is 0.783. The summed E-state index contributed by atoms with van der Waals surface area (Å²) in [5, 5.41) is 11.2. The molecule has 0 N–H and O–H groups in total. The van der Waals surface area contributed by atoms with Crippen molar-refractivity contribution >= 4 is 36.5 Å². The summed E-state index contributed by atoms with van der Waals surface area (Å²) in [5.74, 6) is 0.576. The van der Waals surface area contributed by atoms with E-state index < -0.39 is 8.07 Å². The number of nitrogens with zero attached hydrogens (tertiary/aromatic N) is 4. The Labute approximate surface area is 140 Å². The maximum Gasteiger partial charge on any atom is 0.263 e. The van der Waals surface area contributed by atoms with Crippen LogP contribution in [0.15, 0.2) is 46.9 Å². The maximum atomic E-state index is 12.7. The van der Waals surface area contributed by atoms with Crippen LogP contribution in [0.5, 0.6) is 0 Å². The van der Waals surface area contributed by atoms with E-state index >= 15 is 0 Å². The maximum absolute atomic E-state index is 12.7. The quantitative estimate of drug-likeness (QED) is 0.405. The Morgan fingerprint density at radius 3 is 2.70 bits per heavy atom. The number of hydrogen-bond donors (Lipinski definition) is 0. The lowest BCUT2D eigenvalue weighted by Gasteiger charge is -2.14. The zero-order valence-corrected chi connectivity index (χ0v) is 15.4. The van der Waals surface area contributed by atoms with Gasteiger partial charge in [0.2, 0.25) is 5.78 Å². The molecule has 0 atom stereocenters. The molecule has 0 aliphatic heterocycles. The summed E-state index contributed by atoms with van der Waals surface area (Å²) in [6.45, 7) is 11.1. The first-order valence-corrected chi connectivity index (χ1v) is 12.2. The van der Waals surface area contributed by atoms with Gasteiger partial charge in [-0.05, 0) is 17.5 Å². The molecule has 120 valence electrons. The molecule has 7 heteroatoms. The molecule has 0 radical (unpaired) electrons. The molecule has 2 heterocycles. The summed E-state index contributed by atoms with van der Waals surface area (Å²) in [4.78, 5) is 12.7. The van der Waals surface area contributed by atoms with E-state index in [1.165, 1.54) is 0 Å². The minimum absolute atomic E-state index is 0.0536. The van der Waals surface area contributed by atoms with Gasteiger partial charge in [0.05, 0.1) is 19.0 Å². The molecule has 2 aromatic heterocycles. The van der Waals surface area contributed by atoms with Crippen LogP contribution in [0.2, 0.25) is 19.6 Å². The second-order valence-electron chi connectivity index (χ2n) is 6.69. The van der Waals surface area contributed by atoms with E-state index in [9.17, 15) is 4.79 Å². The molecule has 0 spiro atoms. The third-order valence-electron chi connectivity index (χ3n) is 3.42. The van der Waals surface area contributed by atoms with Crippen LogP contribution in [0.4, 0.5) is 0 Å². The van der Waals surface area contributed by atoms with Crippen molar-refractivity contribution < 1.29 is 0 Å². The molecule has 0 bridgehead atoms. The SMILES string of the molecule is C=CCn1c(=O)c2ccccc2n2c(SC[Si](C)(C)C)nnc12. The molecule has 0 saturated carbocycles. The normalized spacial score (nSPS) is 12.1. The van der Waals surface area contributed by atoms with Gasteiger partial charge in [0, 0.05) is 6.54 Å². The van der Waals surface area contributed by atoms with Crippen molar-refractivity contribution in [3.63, 3.8) is 0 Å². The van der Waals surface area contributed by atoms with Crippen LogP contribution in [-0.2, 0) is 6.54 Å². The first kappa shape index (κ1) is 16.0. The average Bonchev–Trinajstić information content (AvgIpc) is 2.93. The van der Waals surface area contributed by atoms with Crippen molar-refractivity contribution in [1.82, 2.24) is 19.2 Å². The van der Waals surface area contributed by atoms with Crippen LogP contribution in [0, 0.1) is 0 Å². The fraction of sp³-hybridized carbons (Fsp3) is 0.312. The Morgan fingerprint density at radius 1 is 1.26 bits per heavy atom. The molecule has 0 amide bonds. The first-order chi connectivity index (χ1) is 10.9. The topological polar surface area (TPSA) is 52.2 Å². The van der Waals surface area contributed by atoms with Gasteiger partial charge in [0.15, 0.2) is 5.16 Å². The number of para-hydroxylation sites is 1. The molecule has 3 aromatic rings. The van der Waals surface area contributed by atoms with Crippen LogP contribution in [-0.4, -0.2) is 32.6 Å². The Balaban J connectivity index is 2.29. The number of allylic oxidation sites excluding steroid dienone is 1. The summed E-state index contributed by atoms with van der Waals surface area (Å²) in [5.41, 5.74) is 0.804. The second kappa shape index (κ2) is 5.97. The van der Waals surface area contributed by atoms with Crippen molar-refractivity contribution in [2.75, 3.05) is 5.38 Å². The van der Waals surface area contributed by atoms with Gasteiger partial charge in [-0.3, -0.25) is 13.8 Å². The van der Waals surface area contributed by atoms with Crippen LogP contribution < -0.4 is 5.56 Å². The molecule has 0 aliphatic carbocycles. The fourth-order valence-electron chi connectivity index (χ4n) is 2.40. The van der Waals surface area contributed by atoms with E-state index in [0.717, 1.165) is 16.0 Å². The number of rotatable bonds is 5. The Bertz CT molecular complexity index is 939. The van der Waals surface area contributed by atoms with Crippen molar-refractivity contribution in [2.45, 2.75) is 31.3 Å². The van der Waals surface area contributed by atoms with Crippen molar-refractivity contribution in [3.8, 4) is 0 Å². The highest BCUT2D eigenvalue weighted by Gasteiger charge is 2.19. The van der Waals surface area contributed by atoms with Gasteiger partial charge in [-0.15, -0.1) is 16.8 Å². The predicted octanol–water partition coefficient (Wildman–Crippen LogP) is 3.20. The number of aromatic nitrogens is 4. The monoisotopic (exact) mass is 344 g/mol. The molecular weight excluding hydrogens is 324 g/mol. The lowest BCUT2D eigenvalue weighted by atomic mass is 10.2. The molecule has 23 heavy (non-hydrogen) atoms. The van der Waals surface area contributed by atoms with E-state index in [-0.39, 0.29) is 5.56 Å². The second-order valence-corrected chi connectivity index (χ2v) is 13.6. The van der Waals surface area contributed by atoms with Crippen LogP contribution in [0.3, 0.4) is 0 Å². The van der Waals surface area contributed by atoms with Gasteiger partial charge >= 0.3 is 0 Å². The van der Waals surface area contributed by atoms with E-state index in [4.69, 9.17) is 0 Å². The van der Waals surface area contributed by atoms with Gasteiger partial charge in [0.25, 0.3) is 5.56 Å².